The molecule has 1 fully saturated rings. The van der Waals surface area contributed by atoms with Gasteiger partial charge in [-0.2, -0.15) is 0 Å². The van der Waals surface area contributed by atoms with Crippen molar-refractivity contribution in [2.45, 2.75) is 39.8 Å². The van der Waals surface area contributed by atoms with Crippen molar-refractivity contribution in [1.82, 2.24) is 14.9 Å². The molecule has 1 N–H and O–H groups in total. The van der Waals surface area contributed by atoms with Crippen LogP contribution in [0.3, 0.4) is 0 Å². The van der Waals surface area contributed by atoms with Crippen molar-refractivity contribution in [2.75, 3.05) is 37.4 Å². The lowest BCUT2D eigenvalue weighted by atomic mass is 10.1. The maximum atomic E-state index is 4.66. The van der Waals surface area contributed by atoms with Crippen LogP contribution in [-0.4, -0.2) is 54.1 Å². The summed E-state index contributed by atoms with van der Waals surface area (Å²) in [7, 11) is 4.11. The molecule has 5 heteroatoms. The lowest BCUT2D eigenvalue weighted by Crippen LogP contribution is -2.55. The summed E-state index contributed by atoms with van der Waals surface area (Å²) in [5, 5.41) is 3.16. The Morgan fingerprint density at radius 2 is 1.68 bits per heavy atom. The highest BCUT2D eigenvalue weighted by Gasteiger charge is 2.28. The van der Waals surface area contributed by atoms with Gasteiger partial charge in [0, 0.05) is 37.8 Å². The summed E-state index contributed by atoms with van der Waals surface area (Å²) in [5.74, 6) is 2.83. The van der Waals surface area contributed by atoms with E-state index in [-0.39, 0.29) is 0 Å². The first-order valence-corrected chi connectivity index (χ1v) is 6.94. The minimum atomic E-state index is 0.538. The van der Waals surface area contributed by atoms with Gasteiger partial charge in [-0.15, -0.1) is 0 Å². The average molecular weight is 263 g/mol. The monoisotopic (exact) mass is 263 g/mol. The van der Waals surface area contributed by atoms with Crippen LogP contribution in [0.4, 0.5) is 11.6 Å². The third-order valence-corrected chi connectivity index (χ3v) is 4.13. The van der Waals surface area contributed by atoms with Gasteiger partial charge < -0.3 is 10.2 Å². The summed E-state index contributed by atoms with van der Waals surface area (Å²) < 4.78 is 0. The van der Waals surface area contributed by atoms with E-state index in [0.29, 0.717) is 12.1 Å². The molecule has 2 unspecified atom stereocenters. The molecule has 2 heterocycles. The molecule has 1 aliphatic heterocycles. The first-order valence-electron chi connectivity index (χ1n) is 6.94. The number of hydrogen-bond donors (Lipinski definition) is 1. The fourth-order valence-corrected chi connectivity index (χ4v) is 2.74. The summed E-state index contributed by atoms with van der Waals surface area (Å²) in [6.07, 6.45) is 0. The fourth-order valence-electron chi connectivity index (χ4n) is 2.74. The minimum Gasteiger partial charge on any atom is -0.373 e. The van der Waals surface area contributed by atoms with Gasteiger partial charge in [0.25, 0.3) is 0 Å². The second-order valence-electron chi connectivity index (χ2n) is 5.59. The van der Waals surface area contributed by atoms with Crippen molar-refractivity contribution in [3.63, 3.8) is 0 Å². The van der Waals surface area contributed by atoms with Gasteiger partial charge in [0.15, 0.2) is 0 Å². The number of aromatic nitrogens is 2. The van der Waals surface area contributed by atoms with Crippen LogP contribution in [0.2, 0.25) is 0 Å². The third-order valence-electron chi connectivity index (χ3n) is 4.13. The topological polar surface area (TPSA) is 44.3 Å². The van der Waals surface area contributed by atoms with Gasteiger partial charge in [0.2, 0.25) is 0 Å². The zero-order valence-corrected chi connectivity index (χ0v) is 12.9. The Hall–Kier alpha value is -1.36. The number of rotatable bonds is 2. The van der Waals surface area contributed by atoms with E-state index >= 15 is 0 Å². The molecule has 0 amide bonds. The predicted molar refractivity (Wildman–Crippen MR) is 80.0 cm³/mol. The number of aryl methyl sites for hydroxylation is 1. The molecule has 1 aromatic heterocycles. The molecule has 1 aromatic rings. The molecule has 0 aromatic carbocycles. The van der Waals surface area contributed by atoms with Crippen molar-refractivity contribution >= 4 is 11.6 Å². The van der Waals surface area contributed by atoms with E-state index in [9.17, 15) is 0 Å². The van der Waals surface area contributed by atoms with Gasteiger partial charge in [-0.1, -0.05) is 0 Å². The number of nitrogens with zero attached hydrogens (tertiary/aromatic N) is 4. The number of anilines is 2. The van der Waals surface area contributed by atoms with Crippen LogP contribution >= 0.6 is 0 Å². The second-order valence-corrected chi connectivity index (χ2v) is 5.59. The lowest BCUT2D eigenvalue weighted by molar-refractivity contribution is 0.169. The van der Waals surface area contributed by atoms with Crippen LogP contribution in [0.25, 0.3) is 0 Å². The highest BCUT2D eigenvalue weighted by molar-refractivity contribution is 5.58. The highest BCUT2D eigenvalue weighted by Crippen LogP contribution is 2.26. The first-order chi connectivity index (χ1) is 8.93. The van der Waals surface area contributed by atoms with E-state index in [1.165, 1.54) is 0 Å². The SMILES string of the molecule is CNc1nc(C)nc(N2CC(C)N(C)C(C)C2)c1C. The zero-order chi connectivity index (χ0) is 14.2. The summed E-state index contributed by atoms with van der Waals surface area (Å²) in [4.78, 5) is 13.9. The van der Waals surface area contributed by atoms with E-state index in [1.54, 1.807) is 0 Å². The van der Waals surface area contributed by atoms with Crippen LogP contribution < -0.4 is 10.2 Å². The number of nitrogens with one attached hydrogen (secondary N) is 1. The molecule has 0 saturated carbocycles. The molecule has 1 saturated heterocycles. The van der Waals surface area contributed by atoms with Crippen LogP contribution in [-0.2, 0) is 0 Å². The van der Waals surface area contributed by atoms with Gasteiger partial charge in [0.1, 0.15) is 17.5 Å². The van der Waals surface area contributed by atoms with E-state index in [4.69, 9.17) is 0 Å². The lowest BCUT2D eigenvalue weighted by Gasteiger charge is -2.43. The number of likely N-dealkylation sites (N-methyl/N-ethyl adjacent to an activating group) is 1. The first kappa shape index (κ1) is 14.1. The molecular formula is C14H25N5. The summed E-state index contributed by atoms with van der Waals surface area (Å²) in [6.45, 7) is 10.6. The van der Waals surface area contributed by atoms with Gasteiger partial charge in [-0.3, -0.25) is 4.90 Å². The van der Waals surface area contributed by atoms with Gasteiger partial charge >= 0.3 is 0 Å². The van der Waals surface area contributed by atoms with Crippen molar-refractivity contribution in [1.29, 1.82) is 0 Å². The summed E-state index contributed by atoms with van der Waals surface area (Å²) in [6, 6.07) is 1.08. The standard InChI is InChI=1S/C14H25N5/c1-9-7-19(8-10(2)18(9)6)14-11(3)13(15-5)16-12(4)17-14/h9-10H,7-8H2,1-6H3,(H,15,16,17). The normalized spacial score (nSPS) is 24.6. The minimum absolute atomic E-state index is 0.538. The number of hydrogen-bond acceptors (Lipinski definition) is 5. The van der Waals surface area contributed by atoms with Crippen molar-refractivity contribution in [3.8, 4) is 0 Å². The van der Waals surface area contributed by atoms with Crippen LogP contribution in [0, 0.1) is 13.8 Å². The Morgan fingerprint density at radius 3 is 2.21 bits per heavy atom. The molecule has 5 nitrogen and oxygen atoms in total. The largest absolute Gasteiger partial charge is 0.373 e. The Morgan fingerprint density at radius 1 is 1.11 bits per heavy atom. The number of piperazine rings is 1. The Bertz CT molecular complexity index is 447. The second kappa shape index (κ2) is 5.33. The fraction of sp³-hybridized carbons (Fsp3) is 0.714. The molecule has 0 bridgehead atoms. The zero-order valence-electron chi connectivity index (χ0n) is 12.9. The van der Waals surface area contributed by atoms with Crippen molar-refractivity contribution in [2.24, 2.45) is 0 Å². The quantitative estimate of drug-likeness (QED) is 0.879. The van der Waals surface area contributed by atoms with Crippen molar-refractivity contribution in [3.05, 3.63) is 11.4 Å². The van der Waals surface area contributed by atoms with Crippen LogP contribution in [0.1, 0.15) is 25.2 Å². The maximum absolute atomic E-state index is 4.66. The smallest absolute Gasteiger partial charge is 0.137 e. The molecular weight excluding hydrogens is 238 g/mol. The van der Waals surface area contributed by atoms with E-state index in [2.05, 4.69) is 52.9 Å². The molecule has 2 atom stereocenters. The Balaban J connectivity index is 2.34. The van der Waals surface area contributed by atoms with Crippen LogP contribution in [0.5, 0.6) is 0 Å². The maximum Gasteiger partial charge on any atom is 0.137 e. The van der Waals surface area contributed by atoms with Gasteiger partial charge in [0.05, 0.1) is 0 Å². The molecule has 19 heavy (non-hydrogen) atoms. The van der Waals surface area contributed by atoms with Gasteiger partial charge in [-0.05, 0) is 34.7 Å². The Labute approximate surface area is 116 Å². The molecule has 0 spiro atoms. The predicted octanol–water partition coefficient (Wildman–Crippen LogP) is 1.66. The summed E-state index contributed by atoms with van der Waals surface area (Å²) in [5.41, 5.74) is 1.14. The van der Waals surface area contributed by atoms with Crippen molar-refractivity contribution < 1.29 is 0 Å². The molecule has 0 aliphatic carbocycles. The molecule has 106 valence electrons. The highest BCUT2D eigenvalue weighted by atomic mass is 15.3. The molecule has 2 rings (SSSR count). The van der Waals surface area contributed by atoms with E-state index in [1.807, 2.05) is 14.0 Å². The summed E-state index contributed by atoms with van der Waals surface area (Å²) >= 11 is 0. The van der Waals surface area contributed by atoms with Crippen LogP contribution in [0.15, 0.2) is 0 Å². The molecule has 0 radical (unpaired) electrons. The third kappa shape index (κ3) is 2.66. The average Bonchev–Trinajstić information content (AvgIpc) is 2.37. The Kier molecular flexibility index (Phi) is 3.94. The van der Waals surface area contributed by atoms with Gasteiger partial charge in [-0.25, -0.2) is 9.97 Å². The molecule has 1 aliphatic rings. The van der Waals surface area contributed by atoms with E-state index < -0.39 is 0 Å². The van der Waals surface area contributed by atoms with E-state index in [0.717, 1.165) is 36.1 Å².